The average Bonchev–Trinajstić information content (AvgIpc) is 3.27. The summed E-state index contributed by atoms with van der Waals surface area (Å²) < 4.78 is 0. The molecule has 0 radical (unpaired) electrons. The third kappa shape index (κ3) is 4.49. The van der Waals surface area contributed by atoms with Gasteiger partial charge in [-0.3, -0.25) is 9.59 Å². The zero-order valence-corrected chi connectivity index (χ0v) is 11.9. The molecule has 0 aromatic heterocycles. The molecule has 19 heavy (non-hydrogen) atoms. The van der Waals surface area contributed by atoms with Gasteiger partial charge in [-0.05, 0) is 32.1 Å². The number of likely N-dealkylation sites (tertiary alicyclic amines) is 1. The maximum absolute atomic E-state index is 11.9. The van der Waals surface area contributed by atoms with Crippen LogP contribution in [0.2, 0.25) is 0 Å². The fourth-order valence-electron chi connectivity index (χ4n) is 2.48. The molecule has 1 saturated heterocycles. The maximum atomic E-state index is 11.9. The lowest BCUT2D eigenvalue weighted by molar-refractivity contribution is -0.132. The zero-order chi connectivity index (χ0) is 13.7. The summed E-state index contributed by atoms with van der Waals surface area (Å²) in [6.07, 6.45) is 6.27. The Balaban J connectivity index is 1.55. The monoisotopic (exact) mass is 267 g/mol. The minimum atomic E-state index is 0.132. The molecule has 1 saturated carbocycles. The highest BCUT2D eigenvalue weighted by atomic mass is 16.2. The van der Waals surface area contributed by atoms with E-state index >= 15 is 0 Å². The Morgan fingerprint density at radius 3 is 2.53 bits per heavy atom. The Bertz CT molecular complexity index is 323. The van der Waals surface area contributed by atoms with Crippen molar-refractivity contribution < 1.29 is 9.59 Å². The summed E-state index contributed by atoms with van der Waals surface area (Å²) >= 11 is 0. The molecule has 1 N–H and O–H groups in total. The summed E-state index contributed by atoms with van der Waals surface area (Å²) in [7, 11) is 1.86. The van der Waals surface area contributed by atoms with Crippen molar-refractivity contribution in [3.8, 4) is 0 Å². The molecule has 0 spiro atoms. The number of hydrogen-bond donors (Lipinski definition) is 1. The predicted octanol–water partition coefficient (Wildman–Crippen LogP) is 0.599. The molecule has 2 aliphatic rings. The molecule has 5 nitrogen and oxygen atoms in total. The Labute approximate surface area is 115 Å². The van der Waals surface area contributed by atoms with Crippen LogP contribution in [0.5, 0.6) is 0 Å². The van der Waals surface area contributed by atoms with Crippen molar-refractivity contribution in [3.05, 3.63) is 0 Å². The first kappa shape index (κ1) is 14.3. The molecular weight excluding hydrogens is 242 g/mol. The van der Waals surface area contributed by atoms with Gasteiger partial charge in [0.2, 0.25) is 11.8 Å². The first-order valence-electron chi connectivity index (χ1n) is 7.42. The van der Waals surface area contributed by atoms with Gasteiger partial charge in [0.05, 0.1) is 6.54 Å². The van der Waals surface area contributed by atoms with Gasteiger partial charge in [0, 0.05) is 39.1 Å². The highest BCUT2D eigenvalue weighted by molar-refractivity contribution is 5.79. The van der Waals surface area contributed by atoms with Crippen LogP contribution in [0, 0.1) is 0 Å². The van der Waals surface area contributed by atoms with Crippen LogP contribution in [0.3, 0.4) is 0 Å². The SMILES string of the molecule is CN(C(=O)CNCCC(=O)N1CCCCC1)C1CC1. The molecule has 1 aliphatic heterocycles. The summed E-state index contributed by atoms with van der Waals surface area (Å²) in [4.78, 5) is 27.4. The van der Waals surface area contributed by atoms with Crippen molar-refractivity contribution in [3.63, 3.8) is 0 Å². The van der Waals surface area contributed by atoms with E-state index in [4.69, 9.17) is 0 Å². The summed E-state index contributed by atoms with van der Waals surface area (Å²) in [6, 6.07) is 0.462. The van der Waals surface area contributed by atoms with E-state index in [1.165, 1.54) is 6.42 Å². The molecule has 0 bridgehead atoms. The Morgan fingerprint density at radius 2 is 1.89 bits per heavy atom. The second kappa shape index (κ2) is 6.89. The van der Waals surface area contributed by atoms with Crippen LogP contribution >= 0.6 is 0 Å². The number of carbonyl (C=O) groups is 2. The molecule has 0 aromatic rings. The molecule has 5 heteroatoms. The molecule has 0 aromatic carbocycles. The van der Waals surface area contributed by atoms with Crippen molar-refractivity contribution >= 4 is 11.8 Å². The second-order valence-electron chi connectivity index (χ2n) is 5.60. The van der Waals surface area contributed by atoms with Crippen LogP contribution < -0.4 is 5.32 Å². The Morgan fingerprint density at radius 1 is 1.21 bits per heavy atom. The van der Waals surface area contributed by atoms with E-state index in [0.29, 0.717) is 25.6 Å². The van der Waals surface area contributed by atoms with E-state index in [9.17, 15) is 9.59 Å². The number of likely N-dealkylation sites (N-methyl/N-ethyl adjacent to an activating group) is 1. The van der Waals surface area contributed by atoms with E-state index in [0.717, 1.165) is 38.8 Å². The van der Waals surface area contributed by atoms with Gasteiger partial charge in [0.25, 0.3) is 0 Å². The van der Waals surface area contributed by atoms with E-state index in [-0.39, 0.29) is 11.8 Å². The van der Waals surface area contributed by atoms with E-state index in [1.807, 2.05) is 16.8 Å². The zero-order valence-electron chi connectivity index (χ0n) is 11.9. The average molecular weight is 267 g/mol. The first-order chi connectivity index (χ1) is 9.18. The van der Waals surface area contributed by atoms with Gasteiger partial charge in [0.1, 0.15) is 0 Å². The molecule has 0 atom stereocenters. The molecule has 0 unspecified atom stereocenters. The van der Waals surface area contributed by atoms with Crippen LogP contribution in [0.25, 0.3) is 0 Å². The van der Waals surface area contributed by atoms with E-state index < -0.39 is 0 Å². The molecule has 1 aliphatic carbocycles. The van der Waals surface area contributed by atoms with Gasteiger partial charge in [-0.25, -0.2) is 0 Å². The number of nitrogens with one attached hydrogen (secondary N) is 1. The highest BCUT2D eigenvalue weighted by Crippen LogP contribution is 2.25. The molecule has 1 heterocycles. The number of rotatable bonds is 6. The minimum Gasteiger partial charge on any atom is -0.343 e. The van der Waals surface area contributed by atoms with Crippen molar-refractivity contribution in [2.24, 2.45) is 0 Å². The summed E-state index contributed by atoms with van der Waals surface area (Å²) in [5.74, 6) is 0.350. The number of carbonyl (C=O) groups excluding carboxylic acids is 2. The highest BCUT2D eigenvalue weighted by Gasteiger charge is 2.29. The predicted molar refractivity (Wildman–Crippen MR) is 73.7 cm³/mol. The first-order valence-corrected chi connectivity index (χ1v) is 7.42. The lowest BCUT2D eigenvalue weighted by Crippen LogP contribution is -2.39. The third-order valence-corrected chi connectivity index (χ3v) is 3.99. The molecular formula is C14H25N3O2. The second-order valence-corrected chi connectivity index (χ2v) is 5.60. The maximum Gasteiger partial charge on any atom is 0.236 e. The summed E-state index contributed by atoms with van der Waals surface area (Å²) in [6.45, 7) is 2.75. The van der Waals surface area contributed by atoms with Gasteiger partial charge >= 0.3 is 0 Å². The quantitative estimate of drug-likeness (QED) is 0.717. The smallest absolute Gasteiger partial charge is 0.236 e. The van der Waals surface area contributed by atoms with Crippen LogP contribution in [0.15, 0.2) is 0 Å². The van der Waals surface area contributed by atoms with Gasteiger partial charge < -0.3 is 15.1 Å². The molecule has 108 valence electrons. The third-order valence-electron chi connectivity index (χ3n) is 3.99. The Hall–Kier alpha value is -1.10. The largest absolute Gasteiger partial charge is 0.343 e. The number of amides is 2. The van der Waals surface area contributed by atoms with E-state index in [1.54, 1.807) is 0 Å². The number of nitrogens with zero attached hydrogens (tertiary/aromatic N) is 2. The lowest BCUT2D eigenvalue weighted by Gasteiger charge is -2.26. The van der Waals surface area contributed by atoms with Crippen LogP contribution in [-0.2, 0) is 9.59 Å². The fourth-order valence-corrected chi connectivity index (χ4v) is 2.48. The molecule has 2 rings (SSSR count). The normalized spacial score (nSPS) is 19.3. The molecule has 2 fully saturated rings. The van der Waals surface area contributed by atoms with Crippen molar-refractivity contribution in [1.29, 1.82) is 0 Å². The topological polar surface area (TPSA) is 52.7 Å². The standard InChI is InChI=1S/C14H25N3O2/c1-16(12-5-6-12)14(19)11-15-8-7-13(18)17-9-3-2-4-10-17/h12,15H,2-11H2,1H3. The number of hydrogen-bond acceptors (Lipinski definition) is 3. The van der Waals surface area contributed by atoms with Gasteiger partial charge in [-0.1, -0.05) is 0 Å². The van der Waals surface area contributed by atoms with Crippen molar-refractivity contribution in [2.45, 2.75) is 44.6 Å². The summed E-state index contributed by atoms with van der Waals surface area (Å²) in [5, 5.41) is 3.08. The number of piperidine rings is 1. The van der Waals surface area contributed by atoms with Crippen molar-refractivity contribution in [1.82, 2.24) is 15.1 Å². The van der Waals surface area contributed by atoms with Crippen LogP contribution in [0.4, 0.5) is 0 Å². The fraction of sp³-hybridized carbons (Fsp3) is 0.857. The Kier molecular flexibility index (Phi) is 5.19. The summed E-state index contributed by atoms with van der Waals surface area (Å²) in [5.41, 5.74) is 0. The van der Waals surface area contributed by atoms with Gasteiger partial charge in [-0.15, -0.1) is 0 Å². The molecule has 2 amide bonds. The van der Waals surface area contributed by atoms with Gasteiger partial charge in [-0.2, -0.15) is 0 Å². The van der Waals surface area contributed by atoms with Crippen LogP contribution in [0.1, 0.15) is 38.5 Å². The van der Waals surface area contributed by atoms with Crippen LogP contribution in [-0.4, -0.2) is 60.9 Å². The van der Waals surface area contributed by atoms with Gasteiger partial charge in [0.15, 0.2) is 0 Å². The lowest BCUT2D eigenvalue weighted by atomic mass is 10.1. The van der Waals surface area contributed by atoms with E-state index in [2.05, 4.69) is 5.32 Å². The van der Waals surface area contributed by atoms with Crippen molar-refractivity contribution in [2.75, 3.05) is 33.2 Å². The minimum absolute atomic E-state index is 0.132.